The minimum atomic E-state index is -3.71. The summed E-state index contributed by atoms with van der Waals surface area (Å²) in [7, 11) is -0.0514. The van der Waals surface area contributed by atoms with E-state index >= 15 is 0 Å². The Morgan fingerprint density at radius 1 is 1.03 bits per heavy atom. The zero-order chi connectivity index (χ0) is 24.3. The standard InChI is InChI=1S/C15H16FNOS.C6H4ClFO2S.C2H6/c1-3-4-5-15-12(2)10-11-17(15)19(18)14-8-6-13(16)7-9-14;7-11(9,10)6-3-1-5(8)2-4-6;1-2/h3-9H,1,10-11H2,2H3;1-4H;1-2H3/b5-4-;;. The molecule has 0 spiro atoms. The van der Waals surface area contributed by atoms with Crippen molar-refractivity contribution in [1.29, 1.82) is 0 Å². The Morgan fingerprint density at radius 2 is 1.53 bits per heavy atom. The van der Waals surface area contributed by atoms with Crippen molar-refractivity contribution in [3.05, 3.63) is 96.2 Å². The van der Waals surface area contributed by atoms with Crippen molar-refractivity contribution < 1.29 is 21.4 Å². The first-order chi connectivity index (χ1) is 15.1. The van der Waals surface area contributed by atoms with E-state index in [-0.39, 0.29) is 10.7 Å². The molecule has 0 saturated heterocycles. The number of hydrogen-bond acceptors (Lipinski definition) is 3. The van der Waals surface area contributed by atoms with Crippen molar-refractivity contribution >= 4 is 30.7 Å². The molecule has 2 aromatic carbocycles. The third-order valence-electron chi connectivity index (χ3n) is 4.10. The molecule has 1 heterocycles. The van der Waals surface area contributed by atoms with Gasteiger partial charge in [0.25, 0.3) is 9.05 Å². The van der Waals surface area contributed by atoms with Gasteiger partial charge in [0.15, 0.2) is 11.0 Å². The first-order valence-corrected chi connectivity index (χ1v) is 13.2. The monoisotopic (exact) mass is 501 g/mol. The molecular formula is C23H26ClF2NO3S2. The molecule has 1 atom stereocenters. The number of benzene rings is 2. The molecule has 0 fully saturated rings. The van der Waals surface area contributed by atoms with Gasteiger partial charge in [-0.2, -0.15) is 0 Å². The zero-order valence-electron chi connectivity index (χ0n) is 18.1. The average Bonchev–Trinajstić information content (AvgIpc) is 3.14. The van der Waals surface area contributed by atoms with Gasteiger partial charge in [-0.25, -0.2) is 21.4 Å². The van der Waals surface area contributed by atoms with Crippen molar-refractivity contribution in [2.45, 2.75) is 37.0 Å². The third kappa shape index (κ3) is 8.33. The van der Waals surface area contributed by atoms with Crippen LogP contribution in [0.1, 0.15) is 27.2 Å². The lowest BCUT2D eigenvalue weighted by Gasteiger charge is -2.19. The molecule has 0 amide bonds. The molecule has 0 saturated carbocycles. The molecule has 0 radical (unpaired) electrons. The molecule has 1 unspecified atom stereocenters. The summed E-state index contributed by atoms with van der Waals surface area (Å²) in [6.07, 6.45) is 6.33. The normalized spacial score (nSPS) is 14.4. The van der Waals surface area contributed by atoms with Crippen LogP contribution in [0.4, 0.5) is 8.78 Å². The summed E-state index contributed by atoms with van der Waals surface area (Å²) < 4.78 is 60.6. The quantitative estimate of drug-likeness (QED) is 0.354. The van der Waals surface area contributed by atoms with Crippen LogP contribution in [0.3, 0.4) is 0 Å². The Kier molecular flexibility index (Phi) is 11.5. The highest BCUT2D eigenvalue weighted by Crippen LogP contribution is 2.28. The molecule has 2 aromatic rings. The van der Waals surface area contributed by atoms with Crippen LogP contribution in [-0.4, -0.2) is 23.5 Å². The van der Waals surface area contributed by atoms with Crippen molar-refractivity contribution in [3.63, 3.8) is 0 Å². The average molecular weight is 502 g/mol. The minimum absolute atomic E-state index is 0.0967. The lowest BCUT2D eigenvalue weighted by molar-refractivity contribution is 0.575. The van der Waals surface area contributed by atoms with Gasteiger partial charge in [-0.3, -0.25) is 4.31 Å². The molecule has 0 aromatic heterocycles. The first kappa shape index (κ1) is 27.7. The van der Waals surface area contributed by atoms with Gasteiger partial charge in [0.2, 0.25) is 0 Å². The first-order valence-electron chi connectivity index (χ1n) is 9.77. The second-order valence-corrected chi connectivity index (χ2v) is 10.2. The maximum absolute atomic E-state index is 12.9. The predicted molar refractivity (Wildman–Crippen MR) is 127 cm³/mol. The highest BCUT2D eigenvalue weighted by Gasteiger charge is 2.23. The maximum atomic E-state index is 12.9. The zero-order valence-corrected chi connectivity index (χ0v) is 20.5. The largest absolute Gasteiger partial charge is 0.288 e. The number of halogens is 3. The Hall–Kier alpha value is -2.29. The van der Waals surface area contributed by atoms with E-state index in [1.165, 1.54) is 17.7 Å². The van der Waals surface area contributed by atoms with Crippen LogP contribution in [-0.2, 0) is 20.0 Å². The van der Waals surface area contributed by atoms with E-state index in [2.05, 4.69) is 6.58 Å². The molecule has 0 N–H and O–H groups in total. The van der Waals surface area contributed by atoms with Crippen LogP contribution in [0, 0.1) is 11.6 Å². The third-order valence-corrected chi connectivity index (χ3v) is 6.92. The van der Waals surface area contributed by atoms with Gasteiger partial charge < -0.3 is 0 Å². The Morgan fingerprint density at radius 3 is 2.00 bits per heavy atom. The molecule has 32 heavy (non-hydrogen) atoms. The van der Waals surface area contributed by atoms with Gasteiger partial charge in [0, 0.05) is 22.9 Å². The molecule has 1 aliphatic heterocycles. The van der Waals surface area contributed by atoms with Gasteiger partial charge in [-0.1, -0.05) is 32.6 Å². The SMILES string of the molecule is C=C/C=C\C1=C(C)CCN1S(=O)c1ccc(F)cc1.CC.O=S(=O)(Cl)c1ccc(F)cc1. The Balaban J connectivity index is 0.000000335. The molecule has 4 nitrogen and oxygen atoms in total. The highest BCUT2D eigenvalue weighted by molar-refractivity contribution is 8.13. The fraction of sp³-hybridized carbons (Fsp3) is 0.217. The topological polar surface area (TPSA) is 54.5 Å². The molecule has 9 heteroatoms. The summed E-state index contributed by atoms with van der Waals surface area (Å²) in [5.41, 5.74) is 2.16. The molecule has 1 aliphatic rings. The number of nitrogens with zero attached hydrogens (tertiary/aromatic N) is 1. The van der Waals surface area contributed by atoms with Crippen molar-refractivity contribution in [2.24, 2.45) is 0 Å². The van der Waals surface area contributed by atoms with Gasteiger partial charge in [0.05, 0.1) is 9.79 Å². The fourth-order valence-electron chi connectivity index (χ4n) is 2.56. The fourth-order valence-corrected chi connectivity index (χ4v) is 4.61. The van der Waals surface area contributed by atoms with Crippen LogP contribution in [0.15, 0.2) is 94.4 Å². The summed E-state index contributed by atoms with van der Waals surface area (Å²) in [6, 6.07) is 10.1. The second-order valence-electron chi connectivity index (χ2n) is 6.21. The van der Waals surface area contributed by atoms with Crippen LogP contribution in [0.25, 0.3) is 0 Å². The molecule has 0 bridgehead atoms. The highest BCUT2D eigenvalue weighted by atomic mass is 35.7. The summed E-state index contributed by atoms with van der Waals surface area (Å²) in [6.45, 7) is 10.4. The number of rotatable bonds is 5. The lowest BCUT2D eigenvalue weighted by atomic mass is 10.2. The second kappa shape index (κ2) is 13.3. The lowest BCUT2D eigenvalue weighted by Crippen LogP contribution is -2.21. The van der Waals surface area contributed by atoms with E-state index < -0.39 is 25.9 Å². The van der Waals surface area contributed by atoms with Crippen LogP contribution < -0.4 is 0 Å². The van der Waals surface area contributed by atoms with E-state index in [1.807, 2.05) is 37.2 Å². The molecule has 0 aliphatic carbocycles. The smallest absolute Gasteiger partial charge is 0.261 e. The van der Waals surface area contributed by atoms with Crippen LogP contribution in [0.2, 0.25) is 0 Å². The number of allylic oxidation sites excluding steroid dienone is 3. The predicted octanol–water partition coefficient (Wildman–Crippen LogP) is 6.35. The van der Waals surface area contributed by atoms with Gasteiger partial charge in [-0.15, -0.1) is 0 Å². The minimum Gasteiger partial charge on any atom is -0.288 e. The van der Waals surface area contributed by atoms with Crippen LogP contribution in [0.5, 0.6) is 0 Å². The van der Waals surface area contributed by atoms with Crippen molar-refractivity contribution in [1.82, 2.24) is 4.31 Å². The molecule has 3 rings (SSSR count). The summed E-state index contributed by atoms with van der Waals surface area (Å²) >= 11 is 0. The van der Waals surface area contributed by atoms with Gasteiger partial charge >= 0.3 is 0 Å². The van der Waals surface area contributed by atoms with Crippen molar-refractivity contribution in [2.75, 3.05) is 6.54 Å². The maximum Gasteiger partial charge on any atom is 0.261 e. The van der Waals surface area contributed by atoms with E-state index in [4.69, 9.17) is 10.7 Å². The molecular weight excluding hydrogens is 476 g/mol. The van der Waals surface area contributed by atoms with Crippen molar-refractivity contribution in [3.8, 4) is 0 Å². The molecule has 174 valence electrons. The summed E-state index contributed by atoms with van der Waals surface area (Å²) in [4.78, 5) is 0.515. The van der Waals surface area contributed by atoms with E-state index in [0.717, 1.165) is 36.4 Å². The van der Waals surface area contributed by atoms with Gasteiger partial charge in [-0.05, 0) is 73.5 Å². The van der Waals surface area contributed by atoms with E-state index in [0.29, 0.717) is 11.4 Å². The van der Waals surface area contributed by atoms with Gasteiger partial charge in [0.1, 0.15) is 11.6 Å². The Labute approximate surface area is 195 Å². The summed E-state index contributed by atoms with van der Waals surface area (Å²) in [5, 5.41) is 0. The van der Waals surface area contributed by atoms with E-state index in [9.17, 15) is 21.4 Å². The van der Waals surface area contributed by atoms with Crippen LogP contribution >= 0.6 is 10.7 Å². The van der Waals surface area contributed by atoms with E-state index in [1.54, 1.807) is 18.2 Å². The Bertz CT molecular complexity index is 1080. The number of hydrogen-bond donors (Lipinski definition) is 0. The summed E-state index contributed by atoms with van der Waals surface area (Å²) in [5.74, 6) is -0.810.